The van der Waals surface area contributed by atoms with Gasteiger partial charge in [-0.2, -0.15) is 0 Å². The molecule has 0 aromatic heterocycles. The van der Waals surface area contributed by atoms with Gasteiger partial charge in [0.25, 0.3) is 0 Å². The molecule has 2 aromatic rings. The zero-order chi connectivity index (χ0) is 14.5. The summed E-state index contributed by atoms with van der Waals surface area (Å²) in [7, 11) is 0. The maximum Gasteiger partial charge on any atom is 0.132 e. The Morgan fingerprint density at radius 1 is 1.15 bits per heavy atom. The standard InChI is InChI=1S/C16H17ClFNO/c1-11(2)19-10-12-9-13(17)3-8-16(12)20-15-6-4-14(18)5-7-15/h3-9,11,19H,10H2,1-2H3. The molecule has 0 aliphatic carbocycles. The fourth-order valence-electron chi connectivity index (χ4n) is 1.73. The maximum atomic E-state index is 12.9. The molecule has 1 N–H and O–H groups in total. The van der Waals surface area contributed by atoms with Crippen LogP contribution in [0, 0.1) is 5.82 Å². The molecule has 2 nitrogen and oxygen atoms in total. The first-order chi connectivity index (χ1) is 9.54. The number of nitrogens with one attached hydrogen (secondary N) is 1. The summed E-state index contributed by atoms with van der Waals surface area (Å²) >= 11 is 6.02. The van der Waals surface area contributed by atoms with Crippen molar-refractivity contribution in [2.75, 3.05) is 0 Å². The molecule has 0 saturated carbocycles. The van der Waals surface area contributed by atoms with Crippen molar-refractivity contribution in [2.45, 2.75) is 26.4 Å². The number of halogens is 2. The van der Waals surface area contributed by atoms with Gasteiger partial charge in [-0.15, -0.1) is 0 Å². The highest BCUT2D eigenvalue weighted by molar-refractivity contribution is 6.30. The Labute approximate surface area is 123 Å². The number of hydrogen-bond donors (Lipinski definition) is 1. The van der Waals surface area contributed by atoms with E-state index >= 15 is 0 Å². The molecular weight excluding hydrogens is 277 g/mol. The van der Waals surface area contributed by atoms with E-state index in [1.165, 1.54) is 12.1 Å². The summed E-state index contributed by atoms with van der Waals surface area (Å²) in [5, 5.41) is 3.99. The van der Waals surface area contributed by atoms with Gasteiger partial charge in [-0.05, 0) is 42.5 Å². The summed E-state index contributed by atoms with van der Waals surface area (Å²) in [5.41, 5.74) is 0.968. The largest absolute Gasteiger partial charge is 0.457 e. The number of rotatable bonds is 5. The highest BCUT2D eigenvalue weighted by Crippen LogP contribution is 2.28. The van der Waals surface area contributed by atoms with E-state index in [0.717, 1.165) is 5.56 Å². The van der Waals surface area contributed by atoms with Crippen LogP contribution in [0.25, 0.3) is 0 Å². The molecule has 0 fully saturated rings. The van der Waals surface area contributed by atoms with Crippen molar-refractivity contribution >= 4 is 11.6 Å². The summed E-state index contributed by atoms with van der Waals surface area (Å²) in [4.78, 5) is 0. The van der Waals surface area contributed by atoms with Gasteiger partial charge >= 0.3 is 0 Å². The van der Waals surface area contributed by atoms with Crippen LogP contribution in [0.2, 0.25) is 5.02 Å². The summed E-state index contributed by atoms with van der Waals surface area (Å²) in [6.07, 6.45) is 0. The molecule has 0 aliphatic heterocycles. The van der Waals surface area contributed by atoms with Crippen molar-refractivity contribution < 1.29 is 9.13 Å². The SMILES string of the molecule is CC(C)NCc1cc(Cl)ccc1Oc1ccc(F)cc1. The number of hydrogen-bond acceptors (Lipinski definition) is 2. The number of ether oxygens (including phenoxy) is 1. The first-order valence-electron chi connectivity index (χ1n) is 6.50. The van der Waals surface area contributed by atoms with Crippen LogP contribution < -0.4 is 10.1 Å². The molecule has 0 atom stereocenters. The van der Waals surface area contributed by atoms with Gasteiger partial charge in [-0.3, -0.25) is 0 Å². The summed E-state index contributed by atoms with van der Waals surface area (Å²) in [5.74, 6) is 1.03. The molecule has 0 spiro atoms. The first kappa shape index (κ1) is 14.8. The van der Waals surface area contributed by atoms with E-state index in [9.17, 15) is 4.39 Å². The lowest BCUT2D eigenvalue weighted by atomic mass is 10.2. The van der Waals surface area contributed by atoms with Gasteiger partial charge < -0.3 is 10.1 Å². The first-order valence-corrected chi connectivity index (χ1v) is 6.87. The zero-order valence-corrected chi connectivity index (χ0v) is 12.2. The molecular formula is C16H17ClFNO. The lowest BCUT2D eigenvalue weighted by Crippen LogP contribution is -2.22. The Kier molecular flexibility index (Phi) is 4.99. The smallest absolute Gasteiger partial charge is 0.132 e. The minimum Gasteiger partial charge on any atom is -0.457 e. The Morgan fingerprint density at radius 3 is 2.50 bits per heavy atom. The lowest BCUT2D eigenvalue weighted by molar-refractivity contribution is 0.468. The highest BCUT2D eigenvalue weighted by Gasteiger charge is 2.07. The normalized spacial score (nSPS) is 10.8. The molecule has 0 saturated heterocycles. The van der Waals surface area contributed by atoms with Crippen molar-refractivity contribution in [3.05, 3.63) is 58.9 Å². The van der Waals surface area contributed by atoms with Gasteiger partial charge in [-0.25, -0.2) is 4.39 Å². The van der Waals surface area contributed by atoms with Crippen LogP contribution in [0.3, 0.4) is 0 Å². The van der Waals surface area contributed by atoms with E-state index in [-0.39, 0.29) is 5.82 Å². The minimum absolute atomic E-state index is 0.282. The molecule has 0 heterocycles. The molecule has 2 aromatic carbocycles. The fourth-order valence-corrected chi connectivity index (χ4v) is 1.92. The Bertz CT molecular complexity index is 569. The van der Waals surface area contributed by atoms with Crippen LogP contribution in [0.1, 0.15) is 19.4 Å². The molecule has 0 aliphatic rings. The van der Waals surface area contributed by atoms with Crippen molar-refractivity contribution in [3.8, 4) is 11.5 Å². The van der Waals surface area contributed by atoms with Crippen molar-refractivity contribution in [2.24, 2.45) is 0 Å². The third-order valence-electron chi connectivity index (χ3n) is 2.76. The minimum atomic E-state index is -0.282. The summed E-state index contributed by atoms with van der Waals surface area (Å²) < 4.78 is 18.7. The Morgan fingerprint density at radius 2 is 1.85 bits per heavy atom. The van der Waals surface area contributed by atoms with Crippen LogP contribution in [-0.2, 0) is 6.54 Å². The molecule has 0 radical (unpaired) electrons. The highest BCUT2D eigenvalue weighted by atomic mass is 35.5. The predicted molar refractivity (Wildman–Crippen MR) is 79.9 cm³/mol. The molecule has 2 rings (SSSR count). The number of benzene rings is 2. The molecule has 4 heteroatoms. The van der Waals surface area contributed by atoms with E-state index in [1.54, 1.807) is 18.2 Å². The van der Waals surface area contributed by atoms with E-state index in [2.05, 4.69) is 19.2 Å². The average molecular weight is 294 g/mol. The summed E-state index contributed by atoms with van der Waals surface area (Å²) in [6, 6.07) is 11.8. The topological polar surface area (TPSA) is 21.3 Å². The second-order valence-corrected chi connectivity index (χ2v) is 5.28. The average Bonchev–Trinajstić information content (AvgIpc) is 2.41. The van der Waals surface area contributed by atoms with Crippen LogP contribution in [0.15, 0.2) is 42.5 Å². The van der Waals surface area contributed by atoms with E-state index < -0.39 is 0 Å². The lowest BCUT2D eigenvalue weighted by Gasteiger charge is -2.14. The Balaban J connectivity index is 2.19. The van der Waals surface area contributed by atoms with Crippen LogP contribution in [0.4, 0.5) is 4.39 Å². The third-order valence-corrected chi connectivity index (χ3v) is 3.00. The molecule has 106 valence electrons. The van der Waals surface area contributed by atoms with Gasteiger partial charge in [0.15, 0.2) is 0 Å². The van der Waals surface area contributed by atoms with E-state index in [0.29, 0.717) is 29.1 Å². The van der Waals surface area contributed by atoms with Crippen molar-refractivity contribution in [3.63, 3.8) is 0 Å². The van der Waals surface area contributed by atoms with Crippen LogP contribution in [-0.4, -0.2) is 6.04 Å². The van der Waals surface area contributed by atoms with Crippen LogP contribution >= 0.6 is 11.6 Å². The predicted octanol–water partition coefficient (Wildman–Crippen LogP) is 4.77. The van der Waals surface area contributed by atoms with Gasteiger partial charge in [0.2, 0.25) is 0 Å². The molecule has 0 unspecified atom stereocenters. The monoisotopic (exact) mass is 293 g/mol. The van der Waals surface area contributed by atoms with Gasteiger partial charge in [-0.1, -0.05) is 25.4 Å². The molecule has 0 bridgehead atoms. The van der Waals surface area contributed by atoms with E-state index in [4.69, 9.17) is 16.3 Å². The Hall–Kier alpha value is -1.58. The third kappa shape index (κ3) is 4.22. The molecule has 20 heavy (non-hydrogen) atoms. The van der Waals surface area contributed by atoms with Crippen molar-refractivity contribution in [1.29, 1.82) is 0 Å². The van der Waals surface area contributed by atoms with Crippen LogP contribution in [0.5, 0.6) is 11.5 Å². The van der Waals surface area contributed by atoms with Crippen molar-refractivity contribution in [1.82, 2.24) is 5.32 Å². The maximum absolute atomic E-state index is 12.9. The molecule has 0 amide bonds. The van der Waals surface area contributed by atoms with E-state index in [1.807, 2.05) is 12.1 Å². The second-order valence-electron chi connectivity index (χ2n) is 4.84. The fraction of sp³-hybridized carbons (Fsp3) is 0.250. The van der Waals surface area contributed by atoms with Gasteiger partial charge in [0, 0.05) is 23.2 Å². The van der Waals surface area contributed by atoms with Gasteiger partial charge in [0.05, 0.1) is 0 Å². The van der Waals surface area contributed by atoms with Gasteiger partial charge in [0.1, 0.15) is 17.3 Å². The second kappa shape index (κ2) is 6.73. The zero-order valence-electron chi connectivity index (χ0n) is 11.5. The summed E-state index contributed by atoms with van der Waals surface area (Å²) in [6.45, 7) is 4.81. The quantitative estimate of drug-likeness (QED) is 0.857.